The Morgan fingerprint density at radius 2 is 2.09 bits per heavy atom. The number of furan rings is 1. The summed E-state index contributed by atoms with van der Waals surface area (Å²) in [5.41, 5.74) is 1.75. The van der Waals surface area contributed by atoms with E-state index in [0.29, 0.717) is 18.2 Å². The molecule has 3 rings (SSSR count). The summed E-state index contributed by atoms with van der Waals surface area (Å²) in [6.07, 6.45) is 5.14. The number of thiocarbonyl (C=S) groups is 1. The fourth-order valence-corrected chi connectivity index (χ4v) is 2.24. The number of aromatic nitrogens is 2. The van der Waals surface area contributed by atoms with Crippen LogP contribution in [-0.2, 0) is 13.1 Å². The molecule has 0 aliphatic rings. The van der Waals surface area contributed by atoms with Gasteiger partial charge in [0.2, 0.25) is 0 Å². The standard InChI is InChI=1S/C16H15FN4OS/c17-13-5-3-12(4-6-13)10-21-11-14(8-19-21)20-16(23)18-9-15-2-1-7-22-15/h1-8,11H,9-10H2,(H2,18,20,23). The molecular formula is C16H15FN4OS. The van der Waals surface area contributed by atoms with Crippen LogP contribution in [0.3, 0.4) is 0 Å². The minimum absolute atomic E-state index is 0.246. The van der Waals surface area contributed by atoms with Crippen LogP contribution < -0.4 is 10.6 Å². The van der Waals surface area contributed by atoms with Crippen LogP contribution in [0.4, 0.5) is 10.1 Å². The van der Waals surface area contributed by atoms with Crippen molar-refractivity contribution in [1.29, 1.82) is 0 Å². The number of hydrogen-bond donors (Lipinski definition) is 2. The number of anilines is 1. The molecule has 118 valence electrons. The third-order valence-corrected chi connectivity index (χ3v) is 3.40. The van der Waals surface area contributed by atoms with E-state index in [1.807, 2.05) is 18.3 Å². The minimum atomic E-state index is -0.246. The average molecular weight is 330 g/mol. The third-order valence-electron chi connectivity index (χ3n) is 3.15. The molecule has 2 heterocycles. The highest BCUT2D eigenvalue weighted by Crippen LogP contribution is 2.09. The first kappa shape index (κ1) is 15.2. The van der Waals surface area contributed by atoms with Crippen LogP contribution in [-0.4, -0.2) is 14.9 Å². The van der Waals surface area contributed by atoms with E-state index in [4.69, 9.17) is 16.6 Å². The largest absolute Gasteiger partial charge is 0.467 e. The summed E-state index contributed by atoms with van der Waals surface area (Å²) in [6, 6.07) is 10.0. The molecule has 0 aliphatic heterocycles. The predicted octanol–water partition coefficient (Wildman–Crippen LogP) is 3.15. The van der Waals surface area contributed by atoms with E-state index in [-0.39, 0.29) is 5.82 Å². The van der Waals surface area contributed by atoms with Gasteiger partial charge in [-0.05, 0) is 42.0 Å². The Balaban J connectivity index is 1.52. The van der Waals surface area contributed by atoms with Gasteiger partial charge in [0.05, 0.1) is 31.2 Å². The predicted molar refractivity (Wildman–Crippen MR) is 89.5 cm³/mol. The van der Waals surface area contributed by atoms with Gasteiger partial charge in [-0.25, -0.2) is 4.39 Å². The zero-order chi connectivity index (χ0) is 16.1. The van der Waals surface area contributed by atoms with Crippen molar-refractivity contribution >= 4 is 23.0 Å². The van der Waals surface area contributed by atoms with Crippen molar-refractivity contribution in [2.75, 3.05) is 5.32 Å². The highest BCUT2D eigenvalue weighted by atomic mass is 32.1. The van der Waals surface area contributed by atoms with Crippen LogP contribution >= 0.6 is 12.2 Å². The molecule has 23 heavy (non-hydrogen) atoms. The van der Waals surface area contributed by atoms with Crippen molar-refractivity contribution in [3.05, 3.63) is 72.2 Å². The number of halogens is 1. The second kappa shape index (κ2) is 7.06. The Kier molecular flexibility index (Phi) is 4.68. The Labute approximate surface area is 138 Å². The SMILES string of the molecule is Fc1ccc(Cn2cc(NC(=S)NCc3ccco3)cn2)cc1. The van der Waals surface area contributed by atoms with Crippen LogP contribution in [0.5, 0.6) is 0 Å². The van der Waals surface area contributed by atoms with Crippen molar-refractivity contribution in [2.45, 2.75) is 13.1 Å². The smallest absolute Gasteiger partial charge is 0.171 e. The molecule has 0 saturated carbocycles. The van der Waals surface area contributed by atoms with Crippen molar-refractivity contribution in [3.63, 3.8) is 0 Å². The van der Waals surface area contributed by atoms with Crippen molar-refractivity contribution in [3.8, 4) is 0 Å². The van der Waals surface area contributed by atoms with Crippen molar-refractivity contribution in [1.82, 2.24) is 15.1 Å². The Bertz CT molecular complexity index is 768. The van der Waals surface area contributed by atoms with Gasteiger partial charge in [0.15, 0.2) is 5.11 Å². The Morgan fingerprint density at radius 1 is 1.26 bits per heavy atom. The average Bonchev–Trinajstić information content (AvgIpc) is 3.20. The molecule has 0 amide bonds. The number of rotatable bonds is 5. The molecule has 5 nitrogen and oxygen atoms in total. The summed E-state index contributed by atoms with van der Waals surface area (Å²) >= 11 is 5.22. The third kappa shape index (κ3) is 4.40. The van der Waals surface area contributed by atoms with Gasteiger partial charge in [-0.3, -0.25) is 4.68 Å². The van der Waals surface area contributed by atoms with Gasteiger partial charge in [0.1, 0.15) is 11.6 Å². The first-order valence-corrected chi connectivity index (χ1v) is 7.44. The lowest BCUT2D eigenvalue weighted by Gasteiger charge is -2.07. The summed E-state index contributed by atoms with van der Waals surface area (Å²) in [5, 5.41) is 10.8. The monoisotopic (exact) mass is 330 g/mol. The molecule has 0 aliphatic carbocycles. The molecule has 2 aromatic heterocycles. The van der Waals surface area contributed by atoms with Gasteiger partial charge >= 0.3 is 0 Å². The summed E-state index contributed by atoms with van der Waals surface area (Å²) < 4.78 is 19.9. The maximum atomic E-state index is 12.9. The molecular weight excluding hydrogens is 315 g/mol. The molecule has 2 N–H and O–H groups in total. The first-order chi connectivity index (χ1) is 11.2. The number of benzene rings is 1. The van der Waals surface area contributed by atoms with E-state index in [1.54, 1.807) is 29.3 Å². The van der Waals surface area contributed by atoms with Crippen LogP contribution in [0, 0.1) is 5.82 Å². The fourth-order valence-electron chi connectivity index (χ4n) is 2.05. The molecule has 7 heteroatoms. The van der Waals surface area contributed by atoms with Gasteiger partial charge < -0.3 is 15.1 Å². The number of hydrogen-bond acceptors (Lipinski definition) is 3. The maximum Gasteiger partial charge on any atom is 0.171 e. The first-order valence-electron chi connectivity index (χ1n) is 7.03. The van der Waals surface area contributed by atoms with Crippen LogP contribution in [0.15, 0.2) is 59.5 Å². The lowest BCUT2D eigenvalue weighted by Crippen LogP contribution is -2.27. The quantitative estimate of drug-likeness (QED) is 0.704. The lowest BCUT2D eigenvalue weighted by atomic mass is 10.2. The summed E-state index contributed by atoms with van der Waals surface area (Å²) in [7, 11) is 0. The van der Waals surface area contributed by atoms with E-state index in [9.17, 15) is 4.39 Å². The highest BCUT2D eigenvalue weighted by Gasteiger charge is 2.03. The van der Waals surface area contributed by atoms with E-state index in [2.05, 4.69) is 15.7 Å². The topological polar surface area (TPSA) is 55.0 Å². The van der Waals surface area contributed by atoms with E-state index in [0.717, 1.165) is 17.0 Å². The highest BCUT2D eigenvalue weighted by molar-refractivity contribution is 7.80. The minimum Gasteiger partial charge on any atom is -0.467 e. The van der Waals surface area contributed by atoms with Gasteiger partial charge in [-0.15, -0.1) is 0 Å². The second-order valence-electron chi connectivity index (χ2n) is 4.94. The maximum absolute atomic E-state index is 12.9. The number of nitrogens with one attached hydrogen (secondary N) is 2. The van der Waals surface area contributed by atoms with E-state index in [1.165, 1.54) is 12.1 Å². The second-order valence-corrected chi connectivity index (χ2v) is 5.35. The molecule has 0 atom stereocenters. The molecule has 0 radical (unpaired) electrons. The van der Waals surface area contributed by atoms with E-state index < -0.39 is 0 Å². The van der Waals surface area contributed by atoms with Gasteiger partial charge in [-0.1, -0.05) is 12.1 Å². The Hall–Kier alpha value is -2.67. The molecule has 0 saturated heterocycles. The summed E-state index contributed by atoms with van der Waals surface area (Å²) in [6.45, 7) is 1.08. The molecule has 3 aromatic rings. The fraction of sp³-hybridized carbons (Fsp3) is 0.125. The zero-order valence-electron chi connectivity index (χ0n) is 12.2. The van der Waals surface area contributed by atoms with Crippen LogP contribution in [0.1, 0.15) is 11.3 Å². The van der Waals surface area contributed by atoms with Gasteiger partial charge in [0.25, 0.3) is 0 Å². The number of nitrogens with zero attached hydrogens (tertiary/aromatic N) is 2. The van der Waals surface area contributed by atoms with Crippen molar-refractivity contribution in [2.24, 2.45) is 0 Å². The zero-order valence-corrected chi connectivity index (χ0v) is 13.0. The van der Waals surface area contributed by atoms with Crippen LogP contribution in [0.25, 0.3) is 0 Å². The normalized spacial score (nSPS) is 10.5. The van der Waals surface area contributed by atoms with E-state index >= 15 is 0 Å². The lowest BCUT2D eigenvalue weighted by molar-refractivity contribution is 0.503. The Morgan fingerprint density at radius 3 is 2.83 bits per heavy atom. The van der Waals surface area contributed by atoms with Crippen molar-refractivity contribution < 1.29 is 8.81 Å². The van der Waals surface area contributed by atoms with Gasteiger partial charge in [0, 0.05) is 6.20 Å². The van der Waals surface area contributed by atoms with Crippen LogP contribution in [0.2, 0.25) is 0 Å². The summed E-state index contributed by atoms with van der Waals surface area (Å²) in [4.78, 5) is 0. The molecule has 0 unspecified atom stereocenters. The van der Waals surface area contributed by atoms with Gasteiger partial charge in [-0.2, -0.15) is 5.10 Å². The molecule has 1 aromatic carbocycles. The molecule has 0 spiro atoms. The summed E-state index contributed by atoms with van der Waals surface area (Å²) in [5.74, 6) is 0.561. The molecule has 0 bridgehead atoms. The molecule has 0 fully saturated rings.